The Morgan fingerprint density at radius 1 is 1.40 bits per heavy atom. The van der Waals surface area contributed by atoms with Gasteiger partial charge in [0.2, 0.25) is 5.91 Å². The van der Waals surface area contributed by atoms with Crippen LogP contribution in [0.25, 0.3) is 6.08 Å². The van der Waals surface area contributed by atoms with Crippen LogP contribution >= 0.6 is 15.9 Å². The standard InChI is InChI=1S/C14H16BrNO4/c1-3-20-14(18)9-16-13(17)7-4-10-8-11(15)5-6-12(10)19-2/h4-8H,3,9H2,1-2H3,(H,16,17)/b7-4+. The van der Waals surface area contributed by atoms with E-state index in [2.05, 4.69) is 21.2 Å². The van der Waals surface area contributed by atoms with E-state index in [1.54, 1.807) is 26.2 Å². The third kappa shape index (κ3) is 5.44. The molecule has 0 aliphatic carbocycles. The molecule has 1 rings (SSSR count). The minimum Gasteiger partial charge on any atom is -0.496 e. The summed E-state index contributed by atoms with van der Waals surface area (Å²) in [6.45, 7) is 1.85. The van der Waals surface area contributed by atoms with E-state index in [9.17, 15) is 9.59 Å². The fourth-order valence-electron chi connectivity index (χ4n) is 1.43. The highest BCUT2D eigenvalue weighted by Gasteiger charge is 2.04. The number of nitrogens with one attached hydrogen (secondary N) is 1. The summed E-state index contributed by atoms with van der Waals surface area (Å²) in [4.78, 5) is 22.6. The Morgan fingerprint density at radius 3 is 2.80 bits per heavy atom. The molecular weight excluding hydrogens is 326 g/mol. The van der Waals surface area contributed by atoms with Gasteiger partial charge in [-0.15, -0.1) is 0 Å². The minimum atomic E-state index is -0.464. The number of hydrogen-bond acceptors (Lipinski definition) is 4. The molecule has 0 heterocycles. The number of hydrogen-bond donors (Lipinski definition) is 1. The second kappa shape index (κ2) is 8.37. The second-order valence-electron chi connectivity index (χ2n) is 3.74. The first-order valence-corrected chi connectivity index (χ1v) is 6.81. The Bertz CT molecular complexity index is 514. The average molecular weight is 342 g/mol. The molecule has 6 heteroatoms. The molecule has 0 aromatic heterocycles. The fourth-order valence-corrected chi connectivity index (χ4v) is 1.81. The lowest BCUT2D eigenvalue weighted by molar-refractivity contribution is -0.143. The van der Waals surface area contributed by atoms with Crippen molar-refractivity contribution in [2.45, 2.75) is 6.92 Å². The third-order valence-electron chi connectivity index (χ3n) is 2.32. The van der Waals surface area contributed by atoms with Crippen LogP contribution in [-0.4, -0.2) is 32.1 Å². The van der Waals surface area contributed by atoms with Gasteiger partial charge in [-0.25, -0.2) is 0 Å². The summed E-state index contributed by atoms with van der Waals surface area (Å²) < 4.78 is 10.8. The first-order chi connectivity index (χ1) is 9.56. The number of ether oxygens (including phenoxy) is 2. The van der Waals surface area contributed by atoms with Crippen molar-refractivity contribution in [3.05, 3.63) is 34.3 Å². The molecule has 0 unspecified atom stereocenters. The zero-order valence-electron chi connectivity index (χ0n) is 11.3. The van der Waals surface area contributed by atoms with Gasteiger partial charge in [0.1, 0.15) is 12.3 Å². The van der Waals surface area contributed by atoms with Gasteiger partial charge in [-0.2, -0.15) is 0 Å². The van der Waals surface area contributed by atoms with Gasteiger partial charge >= 0.3 is 5.97 Å². The molecular formula is C14H16BrNO4. The van der Waals surface area contributed by atoms with Gasteiger partial charge < -0.3 is 14.8 Å². The highest BCUT2D eigenvalue weighted by molar-refractivity contribution is 9.10. The summed E-state index contributed by atoms with van der Waals surface area (Å²) in [5.74, 6) is -0.183. The van der Waals surface area contributed by atoms with Gasteiger partial charge in [0.15, 0.2) is 0 Å². The number of benzene rings is 1. The molecule has 0 fully saturated rings. The summed E-state index contributed by atoms with van der Waals surface area (Å²) in [5.41, 5.74) is 0.758. The Hall–Kier alpha value is -1.82. The Labute approximate surface area is 126 Å². The molecule has 5 nitrogen and oxygen atoms in total. The second-order valence-corrected chi connectivity index (χ2v) is 4.66. The lowest BCUT2D eigenvalue weighted by Gasteiger charge is -2.05. The van der Waals surface area contributed by atoms with Gasteiger partial charge in [-0.3, -0.25) is 9.59 Å². The van der Waals surface area contributed by atoms with Crippen LogP contribution in [0, 0.1) is 0 Å². The minimum absolute atomic E-state index is 0.146. The maximum absolute atomic E-state index is 11.6. The largest absolute Gasteiger partial charge is 0.496 e. The molecule has 1 aromatic carbocycles. The number of halogens is 1. The Kier molecular flexibility index (Phi) is 6.79. The SMILES string of the molecule is CCOC(=O)CNC(=O)/C=C/c1cc(Br)ccc1OC. The third-order valence-corrected chi connectivity index (χ3v) is 2.81. The molecule has 0 radical (unpaired) electrons. The van der Waals surface area contributed by atoms with Crippen molar-refractivity contribution in [2.75, 3.05) is 20.3 Å². The van der Waals surface area contributed by atoms with E-state index >= 15 is 0 Å². The zero-order valence-corrected chi connectivity index (χ0v) is 12.9. The van der Waals surface area contributed by atoms with Gasteiger partial charge in [0.05, 0.1) is 13.7 Å². The molecule has 0 spiro atoms. The van der Waals surface area contributed by atoms with Crippen molar-refractivity contribution in [3.8, 4) is 5.75 Å². The fraction of sp³-hybridized carbons (Fsp3) is 0.286. The predicted octanol–water partition coefficient (Wildman–Crippen LogP) is 2.15. The van der Waals surface area contributed by atoms with Crippen molar-refractivity contribution in [1.29, 1.82) is 0 Å². The van der Waals surface area contributed by atoms with Crippen LogP contribution in [0.2, 0.25) is 0 Å². The molecule has 0 bridgehead atoms. The maximum atomic E-state index is 11.6. The van der Waals surface area contributed by atoms with Crippen molar-refractivity contribution < 1.29 is 19.1 Å². The van der Waals surface area contributed by atoms with Crippen LogP contribution < -0.4 is 10.1 Å². The quantitative estimate of drug-likeness (QED) is 0.636. The zero-order chi connectivity index (χ0) is 15.0. The van der Waals surface area contributed by atoms with Crippen molar-refractivity contribution in [3.63, 3.8) is 0 Å². The van der Waals surface area contributed by atoms with Gasteiger partial charge in [0.25, 0.3) is 0 Å². The van der Waals surface area contributed by atoms with Gasteiger partial charge in [-0.1, -0.05) is 15.9 Å². The lowest BCUT2D eigenvalue weighted by Crippen LogP contribution is -2.29. The van der Waals surface area contributed by atoms with Crippen molar-refractivity contribution >= 4 is 33.9 Å². The van der Waals surface area contributed by atoms with Crippen LogP contribution in [0.1, 0.15) is 12.5 Å². The molecule has 0 atom stereocenters. The molecule has 20 heavy (non-hydrogen) atoms. The number of methoxy groups -OCH3 is 1. The van der Waals surface area contributed by atoms with E-state index in [4.69, 9.17) is 9.47 Å². The van der Waals surface area contributed by atoms with E-state index in [-0.39, 0.29) is 12.5 Å². The molecule has 1 N–H and O–H groups in total. The van der Waals surface area contributed by atoms with E-state index in [0.717, 1.165) is 10.0 Å². The molecule has 0 saturated carbocycles. The number of amides is 1. The molecule has 0 aliphatic heterocycles. The Morgan fingerprint density at radius 2 is 2.15 bits per heavy atom. The number of esters is 1. The first-order valence-electron chi connectivity index (χ1n) is 6.02. The Balaban J connectivity index is 2.61. The van der Waals surface area contributed by atoms with Crippen LogP contribution in [0.5, 0.6) is 5.75 Å². The molecule has 1 aromatic rings. The van der Waals surface area contributed by atoms with Crippen LogP contribution in [0.4, 0.5) is 0 Å². The molecule has 0 aliphatic rings. The monoisotopic (exact) mass is 341 g/mol. The van der Waals surface area contributed by atoms with Gasteiger partial charge in [0, 0.05) is 16.1 Å². The molecule has 108 valence electrons. The summed E-state index contributed by atoms with van der Waals surface area (Å²) >= 11 is 3.35. The summed E-state index contributed by atoms with van der Waals surface area (Å²) in [6.07, 6.45) is 2.95. The van der Waals surface area contributed by atoms with Crippen LogP contribution in [0.3, 0.4) is 0 Å². The van der Waals surface area contributed by atoms with E-state index in [1.807, 2.05) is 12.1 Å². The van der Waals surface area contributed by atoms with Gasteiger partial charge in [-0.05, 0) is 31.2 Å². The van der Waals surface area contributed by atoms with Crippen LogP contribution in [-0.2, 0) is 14.3 Å². The van der Waals surface area contributed by atoms with Crippen LogP contribution in [0.15, 0.2) is 28.7 Å². The highest BCUT2D eigenvalue weighted by atomic mass is 79.9. The maximum Gasteiger partial charge on any atom is 0.325 e. The smallest absolute Gasteiger partial charge is 0.325 e. The summed E-state index contributed by atoms with van der Waals surface area (Å²) in [5, 5.41) is 2.44. The normalized spacial score (nSPS) is 10.3. The van der Waals surface area contributed by atoms with E-state index in [0.29, 0.717) is 12.4 Å². The average Bonchev–Trinajstić information content (AvgIpc) is 2.43. The topological polar surface area (TPSA) is 64.6 Å². The van der Waals surface area contributed by atoms with E-state index in [1.165, 1.54) is 6.08 Å². The predicted molar refractivity (Wildman–Crippen MR) is 79.4 cm³/mol. The molecule has 1 amide bonds. The van der Waals surface area contributed by atoms with Crippen molar-refractivity contribution in [2.24, 2.45) is 0 Å². The summed E-state index contributed by atoms with van der Waals surface area (Å²) in [6, 6.07) is 5.46. The molecule has 0 saturated heterocycles. The van der Waals surface area contributed by atoms with E-state index < -0.39 is 5.97 Å². The number of carbonyl (C=O) groups is 2. The van der Waals surface area contributed by atoms with Crippen molar-refractivity contribution in [1.82, 2.24) is 5.32 Å². The number of rotatable bonds is 6. The highest BCUT2D eigenvalue weighted by Crippen LogP contribution is 2.23. The number of carbonyl (C=O) groups excluding carboxylic acids is 2. The lowest BCUT2D eigenvalue weighted by atomic mass is 10.2. The first kappa shape index (κ1) is 16.2. The summed E-state index contributed by atoms with van der Waals surface area (Å²) in [7, 11) is 1.56.